The normalized spacial score (nSPS) is 9.46. The van der Waals surface area contributed by atoms with E-state index in [0.29, 0.717) is 19.5 Å². The van der Waals surface area contributed by atoms with Crippen LogP contribution in [0.1, 0.15) is 6.92 Å². The van der Waals surface area contributed by atoms with Crippen molar-refractivity contribution in [2.45, 2.75) is 13.2 Å². The Morgan fingerprint density at radius 3 is 2.46 bits per heavy atom. The third-order valence-electron chi connectivity index (χ3n) is 1.45. The van der Waals surface area contributed by atoms with Crippen molar-refractivity contribution in [2.75, 3.05) is 27.4 Å². The van der Waals surface area contributed by atoms with Gasteiger partial charge in [-0.25, -0.2) is 4.79 Å². The molecule has 0 saturated heterocycles. The topological polar surface area (TPSA) is 56.8 Å². The van der Waals surface area contributed by atoms with Gasteiger partial charge in [0.15, 0.2) is 0 Å². The molecule has 0 aromatic rings. The van der Waals surface area contributed by atoms with Crippen molar-refractivity contribution >= 4 is 13.2 Å². The van der Waals surface area contributed by atoms with Crippen LogP contribution in [0.3, 0.4) is 0 Å². The van der Waals surface area contributed by atoms with E-state index in [1.54, 1.807) is 21.1 Å². The molecule has 5 nitrogen and oxygen atoms in total. The summed E-state index contributed by atoms with van der Waals surface area (Å²) in [5, 5.41) is 2.56. The van der Waals surface area contributed by atoms with E-state index in [2.05, 4.69) is 10.1 Å². The molecule has 0 radical (unpaired) electrons. The predicted octanol–water partition coefficient (Wildman–Crippen LogP) is 0.513. The van der Waals surface area contributed by atoms with Crippen molar-refractivity contribution in [3.8, 4) is 0 Å². The summed E-state index contributed by atoms with van der Waals surface area (Å²) in [6.07, 6.45) is 0.194. The molecule has 0 spiro atoms. The first-order chi connectivity index (χ1) is 6.24. The highest BCUT2D eigenvalue weighted by Gasteiger charge is 2.13. The first-order valence-electron chi connectivity index (χ1n) is 4.20. The van der Waals surface area contributed by atoms with Crippen LogP contribution in [0.4, 0.5) is 4.79 Å². The standard InChI is InChI=1S/C7H16BNO4/c1-4-13-7(10)9-6-5-8(11-2)12-3/h4-6H2,1-3H3,(H,9,10). The highest BCUT2D eigenvalue weighted by Crippen LogP contribution is 1.92. The molecule has 76 valence electrons. The summed E-state index contributed by atoms with van der Waals surface area (Å²) >= 11 is 0. The van der Waals surface area contributed by atoms with E-state index in [1.807, 2.05) is 0 Å². The third-order valence-corrected chi connectivity index (χ3v) is 1.45. The van der Waals surface area contributed by atoms with E-state index in [1.165, 1.54) is 0 Å². The minimum absolute atomic E-state index is 0.276. The predicted molar refractivity (Wildman–Crippen MR) is 49.6 cm³/mol. The van der Waals surface area contributed by atoms with Crippen LogP contribution in [0.5, 0.6) is 0 Å². The monoisotopic (exact) mass is 189 g/mol. The Morgan fingerprint density at radius 2 is 2.00 bits per heavy atom. The summed E-state index contributed by atoms with van der Waals surface area (Å²) in [6, 6.07) is 0. The van der Waals surface area contributed by atoms with Crippen LogP contribution in [-0.2, 0) is 14.0 Å². The highest BCUT2D eigenvalue weighted by atomic mass is 16.6. The number of nitrogens with one attached hydrogen (secondary N) is 1. The lowest BCUT2D eigenvalue weighted by Crippen LogP contribution is -2.30. The maximum Gasteiger partial charge on any atom is 0.458 e. The molecule has 1 N–H and O–H groups in total. The lowest BCUT2D eigenvalue weighted by atomic mass is 9.85. The molecular formula is C7H16BNO4. The van der Waals surface area contributed by atoms with Gasteiger partial charge in [-0.1, -0.05) is 0 Å². The minimum Gasteiger partial charge on any atom is -0.450 e. The number of ether oxygens (including phenoxy) is 1. The molecule has 0 fully saturated rings. The summed E-state index contributed by atoms with van der Waals surface area (Å²) in [6.45, 7) is 2.61. The molecule has 0 heterocycles. The van der Waals surface area contributed by atoms with Gasteiger partial charge in [0.05, 0.1) is 6.61 Å². The minimum atomic E-state index is -0.409. The number of amides is 1. The van der Waals surface area contributed by atoms with Crippen molar-refractivity contribution in [3.63, 3.8) is 0 Å². The van der Waals surface area contributed by atoms with E-state index in [-0.39, 0.29) is 7.12 Å². The molecule has 1 amide bonds. The maximum absolute atomic E-state index is 10.8. The first kappa shape index (κ1) is 12.3. The van der Waals surface area contributed by atoms with Gasteiger partial charge in [0.25, 0.3) is 0 Å². The van der Waals surface area contributed by atoms with E-state index in [0.717, 1.165) is 0 Å². The Kier molecular flexibility index (Phi) is 7.43. The number of rotatable bonds is 6. The second kappa shape index (κ2) is 7.88. The summed E-state index contributed by atoms with van der Waals surface area (Å²) in [5.74, 6) is 0. The fraction of sp³-hybridized carbons (Fsp3) is 0.857. The molecule has 0 atom stereocenters. The van der Waals surface area contributed by atoms with Crippen LogP contribution in [0, 0.1) is 0 Å². The zero-order valence-electron chi connectivity index (χ0n) is 8.33. The Bertz CT molecular complexity index is 140. The fourth-order valence-electron chi connectivity index (χ4n) is 0.806. The van der Waals surface area contributed by atoms with Gasteiger partial charge in [-0.15, -0.1) is 0 Å². The molecule has 0 rings (SSSR count). The Morgan fingerprint density at radius 1 is 1.38 bits per heavy atom. The molecular weight excluding hydrogens is 173 g/mol. The molecule has 0 aliphatic carbocycles. The molecule has 0 aromatic carbocycles. The van der Waals surface area contributed by atoms with Gasteiger partial charge in [0, 0.05) is 20.8 Å². The first-order valence-corrected chi connectivity index (χ1v) is 4.20. The van der Waals surface area contributed by atoms with Crippen LogP contribution >= 0.6 is 0 Å². The summed E-state index contributed by atoms with van der Waals surface area (Å²) in [4.78, 5) is 10.8. The molecule has 13 heavy (non-hydrogen) atoms. The fourth-order valence-corrected chi connectivity index (χ4v) is 0.806. The van der Waals surface area contributed by atoms with Crippen LogP contribution < -0.4 is 5.32 Å². The number of carbonyl (C=O) groups is 1. The third kappa shape index (κ3) is 6.42. The quantitative estimate of drug-likeness (QED) is 0.618. The Labute approximate surface area is 78.9 Å². The molecule has 0 aromatic heterocycles. The maximum atomic E-state index is 10.8. The summed E-state index contributed by atoms with van der Waals surface area (Å²) in [7, 11) is 2.83. The van der Waals surface area contributed by atoms with Gasteiger partial charge in [-0.3, -0.25) is 0 Å². The second-order valence-electron chi connectivity index (χ2n) is 2.34. The van der Waals surface area contributed by atoms with Gasteiger partial charge in [0.2, 0.25) is 0 Å². The van der Waals surface area contributed by atoms with Crippen molar-refractivity contribution in [3.05, 3.63) is 0 Å². The number of hydrogen-bond donors (Lipinski definition) is 1. The van der Waals surface area contributed by atoms with Crippen molar-refractivity contribution in [2.24, 2.45) is 0 Å². The molecule has 6 heteroatoms. The van der Waals surface area contributed by atoms with Gasteiger partial charge in [0.1, 0.15) is 0 Å². The van der Waals surface area contributed by atoms with E-state index in [4.69, 9.17) is 9.31 Å². The molecule has 0 saturated carbocycles. The van der Waals surface area contributed by atoms with Crippen molar-refractivity contribution < 1.29 is 18.8 Å². The van der Waals surface area contributed by atoms with Gasteiger partial charge >= 0.3 is 13.2 Å². The highest BCUT2D eigenvalue weighted by molar-refractivity contribution is 6.44. The molecule has 0 unspecified atom stereocenters. The molecule has 0 bridgehead atoms. The number of alkyl carbamates (subject to hydrolysis) is 1. The lowest BCUT2D eigenvalue weighted by molar-refractivity contribution is 0.152. The smallest absolute Gasteiger partial charge is 0.450 e. The van der Waals surface area contributed by atoms with Crippen LogP contribution in [0.25, 0.3) is 0 Å². The Balaban J connectivity index is 3.37. The summed E-state index contributed by atoms with van der Waals surface area (Å²) in [5.41, 5.74) is 0. The largest absolute Gasteiger partial charge is 0.458 e. The van der Waals surface area contributed by atoms with E-state index < -0.39 is 6.09 Å². The zero-order chi connectivity index (χ0) is 10.1. The van der Waals surface area contributed by atoms with Crippen LogP contribution in [0.2, 0.25) is 6.32 Å². The SMILES string of the molecule is CCOC(=O)NCCB(OC)OC. The number of hydrogen-bond acceptors (Lipinski definition) is 4. The molecule has 0 aliphatic rings. The van der Waals surface area contributed by atoms with E-state index >= 15 is 0 Å². The van der Waals surface area contributed by atoms with Crippen LogP contribution in [0.15, 0.2) is 0 Å². The Hall–Kier alpha value is -0.745. The molecule has 0 aliphatic heterocycles. The van der Waals surface area contributed by atoms with E-state index in [9.17, 15) is 4.79 Å². The van der Waals surface area contributed by atoms with Crippen molar-refractivity contribution in [1.29, 1.82) is 0 Å². The van der Waals surface area contributed by atoms with Gasteiger partial charge in [-0.05, 0) is 13.2 Å². The summed E-state index contributed by atoms with van der Waals surface area (Å²) < 4.78 is 14.5. The van der Waals surface area contributed by atoms with Gasteiger partial charge < -0.3 is 19.4 Å². The zero-order valence-corrected chi connectivity index (χ0v) is 8.33. The number of carbonyl (C=O) groups excluding carboxylic acids is 1. The average molecular weight is 189 g/mol. The second-order valence-corrected chi connectivity index (χ2v) is 2.34. The lowest BCUT2D eigenvalue weighted by Gasteiger charge is -2.08. The average Bonchev–Trinajstić information content (AvgIpc) is 2.13. The van der Waals surface area contributed by atoms with Gasteiger partial charge in [-0.2, -0.15) is 0 Å². The van der Waals surface area contributed by atoms with Crippen molar-refractivity contribution in [1.82, 2.24) is 5.32 Å². The van der Waals surface area contributed by atoms with Crippen LogP contribution in [-0.4, -0.2) is 40.6 Å².